The van der Waals surface area contributed by atoms with Gasteiger partial charge in [0, 0.05) is 10.8 Å². The summed E-state index contributed by atoms with van der Waals surface area (Å²) in [6.07, 6.45) is 0. The van der Waals surface area contributed by atoms with Gasteiger partial charge in [0.25, 0.3) is 0 Å². The van der Waals surface area contributed by atoms with Crippen LogP contribution in [-0.2, 0) is 0 Å². The maximum Gasteiger partial charge on any atom is 0.134 e. The van der Waals surface area contributed by atoms with E-state index in [1.165, 1.54) is 35.2 Å². The van der Waals surface area contributed by atoms with Crippen molar-refractivity contribution in [2.45, 2.75) is 0 Å². The lowest BCUT2D eigenvalue weighted by Crippen LogP contribution is -1.83. The van der Waals surface area contributed by atoms with Crippen LogP contribution in [0.3, 0.4) is 0 Å². The zero-order valence-corrected chi connectivity index (χ0v) is 11.5. The van der Waals surface area contributed by atoms with Crippen LogP contribution in [0.2, 0.25) is 0 Å². The molecule has 0 amide bonds. The molecule has 0 aliphatic carbocycles. The molecule has 0 unspecified atom stereocenters. The van der Waals surface area contributed by atoms with Crippen LogP contribution in [0.5, 0.6) is 0 Å². The lowest BCUT2D eigenvalue weighted by Gasteiger charge is -1.99. The van der Waals surface area contributed by atoms with Gasteiger partial charge in [0.15, 0.2) is 0 Å². The van der Waals surface area contributed by atoms with Crippen LogP contribution in [0.25, 0.3) is 43.9 Å². The zero-order chi connectivity index (χ0) is 12.4. The monoisotopic (exact) mass is 302 g/mol. The minimum Gasteiger partial charge on any atom is -0.173 e. The predicted octanol–water partition coefficient (Wildman–Crippen LogP) is 2.85. The average molecular weight is 302 g/mol. The van der Waals surface area contributed by atoms with E-state index in [1.807, 2.05) is 12.1 Å². The largest absolute Gasteiger partial charge is 0.173 e. The smallest absolute Gasteiger partial charge is 0.134 e. The number of benzene rings is 2. The van der Waals surface area contributed by atoms with Gasteiger partial charge < -0.3 is 0 Å². The van der Waals surface area contributed by atoms with E-state index in [9.17, 15) is 0 Å². The topological polar surface area (TPSA) is 77.3 Å². The Kier molecular flexibility index (Phi) is 1.78. The van der Waals surface area contributed by atoms with Gasteiger partial charge in [-0.1, -0.05) is 0 Å². The van der Waals surface area contributed by atoms with Gasteiger partial charge in [0.2, 0.25) is 0 Å². The summed E-state index contributed by atoms with van der Waals surface area (Å²) in [5.74, 6) is 0. The third-order valence-corrected chi connectivity index (χ3v) is 4.72. The number of fused-ring (bicyclic) bond motifs is 8. The van der Waals surface area contributed by atoms with Crippen LogP contribution < -0.4 is 0 Å². The Labute approximate surface area is 117 Å². The first-order chi connectivity index (χ1) is 9.43. The Morgan fingerprint density at radius 1 is 0.579 bits per heavy atom. The summed E-state index contributed by atoms with van der Waals surface area (Å²) < 4.78 is 26.2. The van der Waals surface area contributed by atoms with Crippen molar-refractivity contribution < 1.29 is 0 Å². The molecular weight excluding hydrogens is 300 g/mol. The quantitative estimate of drug-likeness (QED) is 0.438. The van der Waals surface area contributed by atoms with Crippen molar-refractivity contribution in [3.63, 3.8) is 0 Å². The van der Waals surface area contributed by atoms with E-state index in [1.54, 1.807) is 0 Å². The maximum absolute atomic E-state index is 4.41. The van der Waals surface area contributed by atoms with Gasteiger partial charge in [-0.25, -0.2) is 0 Å². The number of hydrogen-bond donors (Lipinski definition) is 0. The highest BCUT2D eigenvalue weighted by atomic mass is 32.1. The molecule has 0 saturated carbocycles. The molecule has 0 bridgehead atoms. The van der Waals surface area contributed by atoms with Crippen molar-refractivity contribution in [3.05, 3.63) is 12.1 Å². The molecule has 0 fully saturated rings. The van der Waals surface area contributed by atoms with Gasteiger partial charge in [0.05, 0.1) is 35.2 Å². The number of nitrogens with zero attached hydrogens (tertiary/aromatic N) is 6. The summed E-state index contributed by atoms with van der Waals surface area (Å²) in [6, 6.07) is 3.98. The van der Waals surface area contributed by atoms with E-state index in [0.29, 0.717) is 0 Å². The molecule has 0 saturated heterocycles. The van der Waals surface area contributed by atoms with Crippen molar-refractivity contribution in [1.82, 2.24) is 26.2 Å². The molecular formula is C10H2N6S3. The lowest BCUT2D eigenvalue weighted by atomic mass is 10.1. The van der Waals surface area contributed by atoms with Crippen LogP contribution in [0, 0.1) is 0 Å². The first-order valence-corrected chi connectivity index (χ1v) is 7.54. The second kappa shape index (κ2) is 3.38. The third kappa shape index (κ3) is 1.15. The minimum absolute atomic E-state index is 0.807. The molecule has 0 aliphatic heterocycles. The molecule has 0 spiro atoms. The van der Waals surface area contributed by atoms with Crippen LogP contribution in [0.4, 0.5) is 0 Å². The summed E-state index contributed by atoms with van der Waals surface area (Å²) in [4.78, 5) is 0. The molecule has 5 aromatic rings. The van der Waals surface area contributed by atoms with Gasteiger partial charge in [-0.15, -0.1) is 0 Å². The molecule has 3 heterocycles. The molecule has 3 aromatic heterocycles. The fourth-order valence-corrected chi connectivity index (χ4v) is 3.98. The van der Waals surface area contributed by atoms with Crippen molar-refractivity contribution in [3.8, 4) is 0 Å². The van der Waals surface area contributed by atoms with E-state index < -0.39 is 0 Å². The molecule has 0 N–H and O–H groups in total. The molecule has 5 rings (SSSR count). The van der Waals surface area contributed by atoms with Gasteiger partial charge in [-0.3, -0.25) is 0 Å². The van der Waals surface area contributed by atoms with Crippen LogP contribution in [-0.4, -0.2) is 26.2 Å². The van der Waals surface area contributed by atoms with E-state index in [0.717, 1.165) is 43.9 Å². The predicted molar refractivity (Wildman–Crippen MR) is 76.9 cm³/mol. The Morgan fingerprint density at radius 2 is 1.21 bits per heavy atom. The fraction of sp³-hybridized carbons (Fsp3) is 0. The van der Waals surface area contributed by atoms with Gasteiger partial charge in [-0.2, -0.15) is 26.2 Å². The number of rotatable bonds is 0. The Morgan fingerprint density at radius 3 is 2.11 bits per heavy atom. The standard InChI is InChI=1S/C10H2N6S3/c1-2-4-7(13-17-11-4)5-3(1)6-9(15-18-12-6)10-8(5)14-19-16-10/h1-2H. The van der Waals surface area contributed by atoms with Crippen LogP contribution in [0.1, 0.15) is 0 Å². The van der Waals surface area contributed by atoms with Gasteiger partial charge in [-0.05, 0) is 12.1 Å². The molecule has 0 aliphatic rings. The Balaban J connectivity index is 2.30. The zero-order valence-electron chi connectivity index (χ0n) is 9.06. The Bertz CT molecular complexity index is 1070. The first-order valence-electron chi connectivity index (χ1n) is 5.35. The van der Waals surface area contributed by atoms with Crippen molar-refractivity contribution in [1.29, 1.82) is 0 Å². The highest BCUT2D eigenvalue weighted by Gasteiger charge is 2.18. The van der Waals surface area contributed by atoms with Crippen molar-refractivity contribution in [2.24, 2.45) is 0 Å². The third-order valence-electron chi connectivity index (χ3n) is 3.12. The first kappa shape index (κ1) is 10.0. The van der Waals surface area contributed by atoms with Crippen LogP contribution >= 0.6 is 35.2 Å². The number of aromatic nitrogens is 6. The minimum atomic E-state index is 0.807. The van der Waals surface area contributed by atoms with Crippen molar-refractivity contribution >= 4 is 79.1 Å². The Hall–Kier alpha value is -1.84. The van der Waals surface area contributed by atoms with Gasteiger partial charge in [0.1, 0.15) is 33.1 Å². The molecule has 19 heavy (non-hydrogen) atoms. The van der Waals surface area contributed by atoms with Crippen molar-refractivity contribution in [2.75, 3.05) is 0 Å². The van der Waals surface area contributed by atoms with E-state index >= 15 is 0 Å². The SMILES string of the molecule is c1cc2c3nsnc3c3nsnc3c2c2nsnc12. The van der Waals surface area contributed by atoms with E-state index in [-0.39, 0.29) is 0 Å². The summed E-state index contributed by atoms with van der Waals surface area (Å²) in [7, 11) is 0. The second-order valence-corrected chi connectivity index (χ2v) is 5.63. The lowest BCUT2D eigenvalue weighted by molar-refractivity contribution is 1.63. The fourth-order valence-electron chi connectivity index (χ4n) is 2.32. The highest BCUT2D eigenvalue weighted by Crippen LogP contribution is 2.36. The van der Waals surface area contributed by atoms with Crippen LogP contribution in [0.15, 0.2) is 12.1 Å². The van der Waals surface area contributed by atoms with E-state index in [2.05, 4.69) is 26.2 Å². The van der Waals surface area contributed by atoms with Gasteiger partial charge >= 0.3 is 0 Å². The molecule has 9 heteroatoms. The highest BCUT2D eigenvalue weighted by molar-refractivity contribution is 7.01. The molecule has 0 atom stereocenters. The molecule has 2 aromatic carbocycles. The number of hydrogen-bond acceptors (Lipinski definition) is 9. The summed E-state index contributed by atoms with van der Waals surface area (Å²) in [5, 5.41) is 2.00. The normalized spacial score (nSPS) is 12.2. The summed E-state index contributed by atoms with van der Waals surface area (Å²) >= 11 is 3.59. The average Bonchev–Trinajstić information content (AvgIpc) is 3.17. The molecule has 90 valence electrons. The maximum atomic E-state index is 4.41. The summed E-state index contributed by atoms with van der Waals surface area (Å²) in [6.45, 7) is 0. The molecule has 6 nitrogen and oxygen atoms in total. The van der Waals surface area contributed by atoms with E-state index in [4.69, 9.17) is 0 Å². The summed E-state index contributed by atoms with van der Waals surface area (Å²) in [5.41, 5.74) is 5.10. The second-order valence-electron chi connectivity index (χ2n) is 4.04. The molecule has 0 radical (unpaired) electrons.